The van der Waals surface area contributed by atoms with E-state index in [1.165, 1.54) is 11.1 Å². The highest BCUT2D eigenvalue weighted by Crippen LogP contribution is 2.53. The normalized spacial score (nSPS) is 30.1. The van der Waals surface area contributed by atoms with Crippen LogP contribution in [-0.2, 0) is 34.0 Å². The number of rotatable bonds is 4. The van der Waals surface area contributed by atoms with Crippen LogP contribution in [0.1, 0.15) is 16.7 Å². The molecule has 2 saturated heterocycles. The second kappa shape index (κ2) is 6.69. The van der Waals surface area contributed by atoms with Crippen LogP contribution in [0.3, 0.4) is 0 Å². The number of carbonyl (C=O) groups is 2. The Balaban J connectivity index is 1.25. The van der Waals surface area contributed by atoms with Gasteiger partial charge in [0.15, 0.2) is 0 Å². The molecular weight excluding hydrogens is 392 g/mol. The van der Waals surface area contributed by atoms with Crippen molar-refractivity contribution in [3.05, 3.63) is 77.4 Å². The first-order valence-electron chi connectivity index (χ1n) is 10.7. The highest BCUT2D eigenvalue weighted by Gasteiger charge is 2.67. The molecular formula is C25H24N2O4. The number of amides is 2. The summed E-state index contributed by atoms with van der Waals surface area (Å²) in [5.74, 6) is -0.119. The van der Waals surface area contributed by atoms with E-state index in [4.69, 9.17) is 9.47 Å². The molecule has 2 fully saturated rings. The number of fused-ring (bicyclic) bond motifs is 2. The molecule has 0 N–H and O–H groups in total. The molecule has 0 radical (unpaired) electrons. The fourth-order valence-electron chi connectivity index (χ4n) is 5.69. The third-order valence-electron chi connectivity index (χ3n) is 7.12. The maximum Gasteiger partial charge on any atom is 0.230 e. The Morgan fingerprint density at radius 1 is 1.16 bits per heavy atom. The zero-order chi connectivity index (χ0) is 21.2. The topological polar surface area (TPSA) is 59.1 Å². The fraction of sp³-hybridized carbons (Fsp3) is 0.360. The van der Waals surface area contributed by atoms with Crippen molar-refractivity contribution in [1.82, 2.24) is 9.80 Å². The van der Waals surface area contributed by atoms with Crippen molar-refractivity contribution in [2.24, 2.45) is 11.8 Å². The van der Waals surface area contributed by atoms with E-state index in [2.05, 4.69) is 12.1 Å². The lowest BCUT2D eigenvalue weighted by Gasteiger charge is -2.27. The Hall–Kier alpha value is -3.12. The minimum Gasteiger partial charge on any atom is -0.497 e. The monoisotopic (exact) mass is 416 g/mol. The zero-order valence-corrected chi connectivity index (χ0v) is 17.4. The van der Waals surface area contributed by atoms with Crippen molar-refractivity contribution < 1.29 is 19.1 Å². The average molecular weight is 416 g/mol. The number of nitrogens with zero attached hydrogens (tertiary/aromatic N) is 2. The lowest BCUT2D eigenvalue weighted by atomic mass is 9.76. The quantitative estimate of drug-likeness (QED) is 0.719. The number of likely N-dealkylation sites (tertiary alicyclic amines) is 1. The van der Waals surface area contributed by atoms with Gasteiger partial charge in [-0.3, -0.25) is 9.59 Å². The van der Waals surface area contributed by atoms with E-state index in [-0.39, 0.29) is 17.9 Å². The van der Waals surface area contributed by atoms with E-state index < -0.39 is 17.4 Å². The first kappa shape index (κ1) is 18.6. The molecule has 0 unspecified atom stereocenters. The number of hydrogen-bond donors (Lipinski definition) is 0. The summed E-state index contributed by atoms with van der Waals surface area (Å²) in [7, 11) is 1.63. The van der Waals surface area contributed by atoms with E-state index in [0.29, 0.717) is 26.2 Å². The molecule has 4 aliphatic heterocycles. The summed E-state index contributed by atoms with van der Waals surface area (Å²) >= 11 is 0. The Kier molecular flexibility index (Phi) is 4.02. The third kappa shape index (κ3) is 2.74. The Bertz CT molecular complexity index is 1090. The van der Waals surface area contributed by atoms with Crippen molar-refractivity contribution in [2.75, 3.05) is 13.7 Å². The first-order valence-corrected chi connectivity index (χ1v) is 10.7. The lowest BCUT2D eigenvalue weighted by Crippen LogP contribution is -2.44. The highest BCUT2D eigenvalue weighted by molar-refractivity contribution is 5.93. The van der Waals surface area contributed by atoms with Crippen molar-refractivity contribution in [3.8, 4) is 5.75 Å². The molecule has 1 spiro atoms. The minimum absolute atomic E-state index is 0.00438. The third-order valence-corrected chi connectivity index (χ3v) is 7.12. The molecule has 2 aromatic carbocycles. The molecule has 0 aliphatic carbocycles. The van der Waals surface area contributed by atoms with E-state index in [0.717, 1.165) is 11.3 Å². The maximum atomic E-state index is 13.6. The second-order valence-corrected chi connectivity index (χ2v) is 8.91. The molecule has 4 aliphatic rings. The summed E-state index contributed by atoms with van der Waals surface area (Å²) < 4.78 is 11.6. The summed E-state index contributed by atoms with van der Waals surface area (Å²) in [5.41, 5.74) is 2.68. The van der Waals surface area contributed by atoms with Crippen LogP contribution in [0.5, 0.6) is 5.75 Å². The van der Waals surface area contributed by atoms with Gasteiger partial charge in [0.2, 0.25) is 11.8 Å². The van der Waals surface area contributed by atoms with Crippen molar-refractivity contribution in [3.63, 3.8) is 0 Å². The van der Waals surface area contributed by atoms with Gasteiger partial charge in [-0.1, -0.05) is 48.6 Å². The Morgan fingerprint density at radius 3 is 2.68 bits per heavy atom. The molecule has 2 bridgehead atoms. The smallest absolute Gasteiger partial charge is 0.230 e. The number of hydrogen-bond acceptors (Lipinski definition) is 4. The number of methoxy groups -OCH3 is 1. The van der Waals surface area contributed by atoms with E-state index in [1.807, 2.05) is 58.4 Å². The molecule has 4 atom stereocenters. The molecule has 4 heterocycles. The van der Waals surface area contributed by atoms with Crippen LogP contribution in [0.25, 0.3) is 0 Å². The van der Waals surface area contributed by atoms with Crippen LogP contribution in [0.2, 0.25) is 0 Å². The molecule has 6 nitrogen and oxygen atoms in total. The molecule has 31 heavy (non-hydrogen) atoms. The van der Waals surface area contributed by atoms with Crippen LogP contribution < -0.4 is 4.74 Å². The summed E-state index contributed by atoms with van der Waals surface area (Å²) in [6.07, 6.45) is 3.67. The van der Waals surface area contributed by atoms with Gasteiger partial charge in [0.05, 0.1) is 31.6 Å². The largest absolute Gasteiger partial charge is 0.497 e. The van der Waals surface area contributed by atoms with Crippen molar-refractivity contribution >= 4 is 11.8 Å². The highest BCUT2D eigenvalue weighted by atomic mass is 16.5. The molecule has 0 aromatic heterocycles. The van der Waals surface area contributed by atoms with Gasteiger partial charge in [0.1, 0.15) is 11.4 Å². The SMILES string of the molecule is COc1cccc(CN2C[C@]34C=C[C@H](O3)[C@H](C(=O)N3Cc5ccccc5C3)[C@H]4C2=O)c1. The van der Waals surface area contributed by atoms with Gasteiger partial charge in [-0.05, 0) is 28.8 Å². The first-order chi connectivity index (χ1) is 15.1. The van der Waals surface area contributed by atoms with Crippen LogP contribution >= 0.6 is 0 Å². The van der Waals surface area contributed by atoms with Crippen LogP contribution in [-0.4, -0.2) is 47.0 Å². The van der Waals surface area contributed by atoms with E-state index in [9.17, 15) is 9.59 Å². The average Bonchev–Trinajstić information content (AvgIpc) is 3.53. The van der Waals surface area contributed by atoms with Gasteiger partial charge in [-0.2, -0.15) is 0 Å². The number of ether oxygens (including phenoxy) is 2. The molecule has 6 heteroatoms. The van der Waals surface area contributed by atoms with Crippen molar-refractivity contribution in [1.29, 1.82) is 0 Å². The Morgan fingerprint density at radius 2 is 1.94 bits per heavy atom. The standard InChI is InChI=1S/C25H24N2O4/c1-30-19-8-4-5-16(11-19)12-27-15-25-10-9-20(31-25)21(22(25)24(27)29)23(28)26-13-17-6-2-3-7-18(17)14-26/h2-11,20-22H,12-15H2,1H3/t20-,21-,22-,25-/m0/s1. The molecule has 158 valence electrons. The summed E-state index contributed by atoms with van der Waals surface area (Å²) in [4.78, 5) is 30.8. The van der Waals surface area contributed by atoms with Gasteiger partial charge in [-0.25, -0.2) is 0 Å². The lowest BCUT2D eigenvalue weighted by molar-refractivity contribution is -0.143. The molecule has 0 saturated carbocycles. The van der Waals surface area contributed by atoms with Gasteiger partial charge in [0.25, 0.3) is 0 Å². The van der Waals surface area contributed by atoms with Crippen LogP contribution in [0, 0.1) is 11.8 Å². The second-order valence-electron chi connectivity index (χ2n) is 8.91. The van der Waals surface area contributed by atoms with Gasteiger partial charge >= 0.3 is 0 Å². The van der Waals surface area contributed by atoms with Gasteiger partial charge in [-0.15, -0.1) is 0 Å². The number of benzene rings is 2. The maximum absolute atomic E-state index is 13.6. The minimum atomic E-state index is -0.687. The fourth-order valence-corrected chi connectivity index (χ4v) is 5.69. The molecule has 6 rings (SSSR count). The van der Waals surface area contributed by atoms with E-state index in [1.54, 1.807) is 7.11 Å². The Labute approximate surface area is 181 Å². The van der Waals surface area contributed by atoms with E-state index >= 15 is 0 Å². The van der Waals surface area contributed by atoms with Crippen LogP contribution in [0.4, 0.5) is 0 Å². The molecule has 2 aromatic rings. The zero-order valence-electron chi connectivity index (χ0n) is 17.4. The van der Waals surface area contributed by atoms with Gasteiger partial charge < -0.3 is 19.3 Å². The predicted molar refractivity (Wildman–Crippen MR) is 113 cm³/mol. The summed E-state index contributed by atoms with van der Waals surface area (Å²) in [6.45, 7) is 2.16. The van der Waals surface area contributed by atoms with Crippen molar-refractivity contribution in [2.45, 2.75) is 31.3 Å². The molecule has 2 amide bonds. The van der Waals surface area contributed by atoms with Crippen LogP contribution in [0.15, 0.2) is 60.7 Å². The summed E-state index contributed by atoms with van der Waals surface area (Å²) in [6, 6.07) is 15.9. The number of carbonyl (C=O) groups excluding carboxylic acids is 2. The van der Waals surface area contributed by atoms with Gasteiger partial charge in [0, 0.05) is 19.6 Å². The summed E-state index contributed by atoms with van der Waals surface area (Å²) in [5, 5.41) is 0. The predicted octanol–water partition coefficient (Wildman–Crippen LogP) is 2.52.